The topological polar surface area (TPSA) is 105 Å². The van der Waals surface area contributed by atoms with Gasteiger partial charge in [0.1, 0.15) is 26.2 Å². The standard InChI is InChI=1S/C25H22B3N3O6/c26-21-24(35)31(25(27,28)13-37-21)10-14-4-6-15(7-5-14)12-36-19-3-1-2-16-17(19)11-30(23(16)34)18-8-9-20(32)29-22(18)33/h1-7,18,21H,8-13H2,(H,29,32,33). The summed E-state index contributed by atoms with van der Waals surface area (Å²) in [6.45, 7) is 0.568. The van der Waals surface area contributed by atoms with Gasteiger partial charge in [-0.2, -0.15) is 0 Å². The maximum absolute atomic E-state index is 13.0. The second-order valence-electron chi connectivity index (χ2n) is 9.43. The van der Waals surface area contributed by atoms with Crippen LogP contribution in [0.2, 0.25) is 0 Å². The van der Waals surface area contributed by atoms with E-state index in [4.69, 9.17) is 33.0 Å². The van der Waals surface area contributed by atoms with Gasteiger partial charge in [-0.1, -0.05) is 30.3 Å². The highest BCUT2D eigenvalue weighted by atomic mass is 16.5. The van der Waals surface area contributed by atoms with E-state index in [0.29, 0.717) is 23.3 Å². The number of hydrogen-bond acceptors (Lipinski definition) is 6. The van der Waals surface area contributed by atoms with Crippen LogP contribution in [0.4, 0.5) is 0 Å². The monoisotopic (exact) mass is 493 g/mol. The molecule has 2 unspecified atom stereocenters. The van der Waals surface area contributed by atoms with Crippen molar-refractivity contribution in [1.82, 2.24) is 15.1 Å². The second kappa shape index (κ2) is 9.74. The molecule has 37 heavy (non-hydrogen) atoms. The van der Waals surface area contributed by atoms with Gasteiger partial charge in [-0.3, -0.25) is 24.5 Å². The van der Waals surface area contributed by atoms with Gasteiger partial charge in [0.2, 0.25) is 17.7 Å². The first-order valence-electron chi connectivity index (χ1n) is 11.9. The van der Waals surface area contributed by atoms with E-state index in [9.17, 15) is 19.2 Å². The van der Waals surface area contributed by atoms with Gasteiger partial charge in [-0.05, 0) is 35.0 Å². The third kappa shape index (κ3) is 4.90. The number of morpholine rings is 1. The lowest BCUT2D eigenvalue weighted by Gasteiger charge is -2.45. The van der Waals surface area contributed by atoms with E-state index < -0.39 is 29.2 Å². The Morgan fingerprint density at radius 3 is 2.51 bits per heavy atom. The number of piperidine rings is 1. The number of nitrogens with one attached hydrogen (secondary N) is 1. The molecule has 2 aromatic rings. The van der Waals surface area contributed by atoms with Gasteiger partial charge < -0.3 is 19.3 Å². The molecule has 3 aliphatic heterocycles. The average Bonchev–Trinajstić information content (AvgIpc) is 3.20. The number of hydrogen-bond donors (Lipinski definition) is 1. The van der Waals surface area contributed by atoms with Crippen LogP contribution in [0.1, 0.15) is 39.9 Å². The predicted octanol–water partition coefficient (Wildman–Crippen LogP) is -0.129. The Morgan fingerprint density at radius 2 is 1.78 bits per heavy atom. The summed E-state index contributed by atoms with van der Waals surface area (Å²) in [5.74, 6) is -0.975. The van der Waals surface area contributed by atoms with Crippen molar-refractivity contribution in [3.05, 3.63) is 64.7 Å². The normalized spacial score (nSPS) is 23.1. The molecule has 0 aliphatic carbocycles. The molecule has 6 radical (unpaired) electrons. The van der Waals surface area contributed by atoms with E-state index in [0.717, 1.165) is 11.1 Å². The van der Waals surface area contributed by atoms with Crippen LogP contribution in [0.3, 0.4) is 0 Å². The lowest BCUT2D eigenvalue weighted by molar-refractivity contribution is -0.151. The minimum absolute atomic E-state index is 0.0727. The number of carbonyl (C=O) groups is 4. The van der Waals surface area contributed by atoms with Crippen molar-refractivity contribution in [2.75, 3.05) is 6.61 Å². The Morgan fingerprint density at radius 1 is 1.05 bits per heavy atom. The van der Waals surface area contributed by atoms with Crippen LogP contribution in [-0.2, 0) is 38.8 Å². The number of amides is 4. The summed E-state index contributed by atoms with van der Waals surface area (Å²) in [5.41, 5.74) is 2.86. The van der Waals surface area contributed by atoms with Gasteiger partial charge in [-0.25, -0.2) is 0 Å². The first-order valence-corrected chi connectivity index (χ1v) is 11.9. The van der Waals surface area contributed by atoms with Crippen LogP contribution in [0.15, 0.2) is 42.5 Å². The van der Waals surface area contributed by atoms with Gasteiger partial charge in [0, 0.05) is 24.1 Å². The maximum atomic E-state index is 13.0. The molecule has 0 aromatic heterocycles. The second-order valence-corrected chi connectivity index (χ2v) is 9.43. The molecule has 2 fully saturated rings. The first kappa shape index (κ1) is 25.1. The number of rotatable bonds is 6. The van der Waals surface area contributed by atoms with Gasteiger partial charge in [0.15, 0.2) is 0 Å². The quantitative estimate of drug-likeness (QED) is 0.445. The lowest BCUT2D eigenvalue weighted by Crippen LogP contribution is -2.63. The summed E-state index contributed by atoms with van der Waals surface area (Å²) < 4.78 is 11.2. The molecule has 2 atom stereocenters. The molecule has 0 saturated carbocycles. The maximum Gasteiger partial charge on any atom is 0.255 e. The summed E-state index contributed by atoms with van der Waals surface area (Å²) in [7, 11) is 17.7. The number of fused-ring (bicyclic) bond motifs is 1. The lowest BCUT2D eigenvalue weighted by atomic mass is 9.60. The highest BCUT2D eigenvalue weighted by Gasteiger charge is 2.40. The number of imide groups is 1. The van der Waals surface area contributed by atoms with Crippen molar-refractivity contribution in [2.24, 2.45) is 0 Å². The van der Waals surface area contributed by atoms with Gasteiger partial charge in [-0.15, -0.1) is 0 Å². The fourth-order valence-electron chi connectivity index (χ4n) is 4.73. The minimum Gasteiger partial charge on any atom is -0.489 e. The van der Waals surface area contributed by atoms with Crippen molar-refractivity contribution >= 4 is 47.2 Å². The first-order chi connectivity index (χ1) is 17.6. The highest BCUT2D eigenvalue weighted by Crippen LogP contribution is 2.34. The third-order valence-electron chi connectivity index (χ3n) is 6.80. The molecule has 182 valence electrons. The molecule has 2 aromatic carbocycles. The molecule has 3 heterocycles. The largest absolute Gasteiger partial charge is 0.489 e. The SMILES string of the molecule is [B]C1OCC([B])([B])N(Cc2ccc(COc3cccc4c3CN(C3CCC(=O)NC3=O)C4=O)cc2)C1=O. The Balaban J connectivity index is 1.24. The molecule has 0 bridgehead atoms. The number of benzene rings is 2. The minimum atomic E-state index is -1.46. The molecule has 12 heteroatoms. The van der Waals surface area contributed by atoms with Crippen molar-refractivity contribution in [3.63, 3.8) is 0 Å². The van der Waals surface area contributed by atoms with Crippen LogP contribution in [0.25, 0.3) is 0 Å². The molecule has 4 amide bonds. The molecule has 1 N–H and O–H groups in total. The summed E-state index contributed by atoms with van der Waals surface area (Å²) in [5, 5.41) is 0.846. The number of carbonyl (C=O) groups excluding carboxylic acids is 4. The number of nitrogens with zero attached hydrogens (tertiary/aromatic N) is 2. The van der Waals surface area contributed by atoms with E-state index in [1.807, 2.05) is 24.3 Å². The smallest absolute Gasteiger partial charge is 0.255 e. The Hall–Kier alpha value is -3.53. The molecule has 9 nitrogen and oxygen atoms in total. The van der Waals surface area contributed by atoms with Gasteiger partial charge in [0.05, 0.1) is 34.8 Å². The van der Waals surface area contributed by atoms with Crippen molar-refractivity contribution in [3.8, 4) is 5.75 Å². The summed E-state index contributed by atoms with van der Waals surface area (Å²) >= 11 is 0. The molecular weight excluding hydrogens is 471 g/mol. The van der Waals surface area contributed by atoms with Crippen LogP contribution < -0.4 is 10.1 Å². The van der Waals surface area contributed by atoms with E-state index in [2.05, 4.69) is 5.32 Å². The molecule has 2 saturated heterocycles. The fraction of sp³-hybridized carbons (Fsp3) is 0.360. The summed E-state index contributed by atoms with van der Waals surface area (Å²) in [4.78, 5) is 51.9. The van der Waals surface area contributed by atoms with Crippen LogP contribution >= 0.6 is 0 Å². The van der Waals surface area contributed by atoms with E-state index >= 15 is 0 Å². The van der Waals surface area contributed by atoms with Gasteiger partial charge >= 0.3 is 0 Å². The zero-order chi connectivity index (χ0) is 26.3. The van der Waals surface area contributed by atoms with Crippen LogP contribution in [-0.4, -0.2) is 81.0 Å². The summed E-state index contributed by atoms with van der Waals surface area (Å²) in [6, 6.07) is 10.8. The van der Waals surface area contributed by atoms with E-state index in [1.165, 1.54) is 9.80 Å². The van der Waals surface area contributed by atoms with Crippen molar-refractivity contribution < 1.29 is 28.7 Å². The zero-order valence-corrected chi connectivity index (χ0v) is 20.0. The Labute approximate surface area is 218 Å². The van der Waals surface area contributed by atoms with E-state index in [-0.39, 0.29) is 44.5 Å². The van der Waals surface area contributed by atoms with Crippen LogP contribution in [0, 0.1) is 0 Å². The Bertz CT molecular complexity index is 1270. The predicted molar refractivity (Wildman–Crippen MR) is 134 cm³/mol. The van der Waals surface area contributed by atoms with Crippen molar-refractivity contribution in [1.29, 1.82) is 0 Å². The number of ether oxygens (including phenoxy) is 2. The fourth-order valence-corrected chi connectivity index (χ4v) is 4.73. The highest BCUT2D eigenvalue weighted by molar-refractivity contribution is 6.42. The third-order valence-corrected chi connectivity index (χ3v) is 6.80. The van der Waals surface area contributed by atoms with Crippen LogP contribution in [0.5, 0.6) is 5.75 Å². The Kier molecular flexibility index (Phi) is 6.62. The molecule has 5 rings (SSSR count). The summed E-state index contributed by atoms with van der Waals surface area (Å²) in [6.07, 6.45) is 0.490. The van der Waals surface area contributed by atoms with E-state index in [1.54, 1.807) is 18.2 Å². The molecular formula is C25H22B3N3O6. The van der Waals surface area contributed by atoms with Gasteiger partial charge in [0.25, 0.3) is 5.91 Å². The molecule has 0 spiro atoms. The zero-order valence-electron chi connectivity index (χ0n) is 20.0. The molecule has 3 aliphatic rings. The van der Waals surface area contributed by atoms with Crippen molar-refractivity contribution in [2.45, 2.75) is 49.9 Å². The average molecular weight is 493 g/mol.